The number of aromatic nitrogens is 1. The number of rotatable bonds is 6. The first-order chi connectivity index (χ1) is 10.8. The Morgan fingerprint density at radius 1 is 1.30 bits per heavy atom. The predicted octanol–water partition coefficient (Wildman–Crippen LogP) is 2.21. The third-order valence-corrected chi connectivity index (χ3v) is 4.28. The van der Waals surface area contributed by atoms with Crippen molar-refractivity contribution < 1.29 is 17.7 Å². The van der Waals surface area contributed by atoms with Crippen molar-refractivity contribution in [2.75, 3.05) is 6.26 Å². The van der Waals surface area contributed by atoms with Crippen LogP contribution in [0.15, 0.2) is 39.8 Å². The van der Waals surface area contributed by atoms with Crippen LogP contribution in [0, 0.1) is 5.92 Å². The molecule has 2 rings (SSSR count). The van der Waals surface area contributed by atoms with Gasteiger partial charge < -0.3 is 9.84 Å². The molecule has 1 amide bonds. The molecule has 6 nitrogen and oxygen atoms in total. The van der Waals surface area contributed by atoms with Gasteiger partial charge in [0.05, 0.1) is 17.1 Å². The molecule has 1 heterocycles. The van der Waals surface area contributed by atoms with E-state index in [-0.39, 0.29) is 22.9 Å². The fourth-order valence-electron chi connectivity index (χ4n) is 2.09. The summed E-state index contributed by atoms with van der Waals surface area (Å²) in [6, 6.07) is 7.73. The van der Waals surface area contributed by atoms with Crippen molar-refractivity contribution in [1.29, 1.82) is 0 Å². The Morgan fingerprint density at radius 2 is 2.04 bits per heavy atom. The van der Waals surface area contributed by atoms with Gasteiger partial charge in [-0.25, -0.2) is 8.42 Å². The van der Waals surface area contributed by atoms with Crippen molar-refractivity contribution in [3.8, 4) is 0 Å². The quantitative estimate of drug-likeness (QED) is 0.873. The Bertz CT molecular complexity index is 794. The van der Waals surface area contributed by atoms with Crippen LogP contribution in [-0.2, 0) is 22.8 Å². The van der Waals surface area contributed by atoms with Gasteiger partial charge in [-0.2, -0.15) is 0 Å². The van der Waals surface area contributed by atoms with Crippen molar-refractivity contribution in [2.24, 2.45) is 5.92 Å². The Balaban J connectivity index is 2.01. The van der Waals surface area contributed by atoms with Gasteiger partial charge in [-0.1, -0.05) is 25.1 Å². The van der Waals surface area contributed by atoms with Crippen LogP contribution in [0.25, 0.3) is 0 Å². The van der Waals surface area contributed by atoms with Gasteiger partial charge in [0, 0.05) is 17.9 Å². The molecule has 0 saturated heterocycles. The molecule has 0 spiro atoms. The standard InChI is InChI=1S/C16H20N2O4S/c1-11(2)7-13-9-14(22-18-13)10-17-16(19)12-5-4-6-15(8-12)23(3,20)21/h4-6,8-9,11H,7,10H2,1-3H3,(H,17,19). The zero-order valence-corrected chi connectivity index (χ0v) is 14.2. The van der Waals surface area contributed by atoms with Crippen LogP contribution in [0.3, 0.4) is 0 Å². The number of carbonyl (C=O) groups is 1. The molecule has 0 saturated carbocycles. The molecule has 124 valence electrons. The number of hydrogen-bond acceptors (Lipinski definition) is 5. The summed E-state index contributed by atoms with van der Waals surface area (Å²) < 4.78 is 28.2. The van der Waals surface area contributed by atoms with Crippen molar-refractivity contribution in [2.45, 2.75) is 31.7 Å². The summed E-state index contributed by atoms with van der Waals surface area (Å²) in [6.45, 7) is 4.38. The normalized spacial score (nSPS) is 11.7. The Kier molecular flexibility index (Phi) is 5.20. The average Bonchev–Trinajstić information content (AvgIpc) is 2.90. The second kappa shape index (κ2) is 6.95. The van der Waals surface area contributed by atoms with Crippen LogP contribution in [0.4, 0.5) is 0 Å². The number of carbonyl (C=O) groups excluding carboxylic acids is 1. The Hall–Kier alpha value is -2.15. The van der Waals surface area contributed by atoms with Gasteiger partial charge in [-0.15, -0.1) is 0 Å². The van der Waals surface area contributed by atoms with Gasteiger partial charge in [0.2, 0.25) is 0 Å². The van der Waals surface area contributed by atoms with E-state index >= 15 is 0 Å². The second-order valence-electron chi connectivity index (χ2n) is 5.87. The van der Waals surface area contributed by atoms with E-state index in [1.165, 1.54) is 12.1 Å². The van der Waals surface area contributed by atoms with Crippen molar-refractivity contribution in [1.82, 2.24) is 10.5 Å². The number of benzene rings is 1. The molecule has 0 radical (unpaired) electrons. The molecule has 0 atom stereocenters. The van der Waals surface area contributed by atoms with Crippen molar-refractivity contribution in [3.63, 3.8) is 0 Å². The van der Waals surface area contributed by atoms with Crippen LogP contribution in [0.5, 0.6) is 0 Å². The Labute approximate surface area is 135 Å². The van der Waals surface area contributed by atoms with E-state index in [2.05, 4.69) is 24.3 Å². The number of nitrogens with zero attached hydrogens (tertiary/aromatic N) is 1. The summed E-state index contributed by atoms with van der Waals surface area (Å²) in [4.78, 5) is 12.2. The predicted molar refractivity (Wildman–Crippen MR) is 85.8 cm³/mol. The lowest BCUT2D eigenvalue weighted by molar-refractivity contribution is 0.0947. The highest BCUT2D eigenvalue weighted by Crippen LogP contribution is 2.12. The monoisotopic (exact) mass is 336 g/mol. The highest BCUT2D eigenvalue weighted by atomic mass is 32.2. The molecule has 0 aliphatic rings. The smallest absolute Gasteiger partial charge is 0.251 e. The van der Waals surface area contributed by atoms with E-state index in [1.54, 1.807) is 12.1 Å². The lowest BCUT2D eigenvalue weighted by atomic mass is 10.1. The van der Waals surface area contributed by atoms with Crippen LogP contribution >= 0.6 is 0 Å². The summed E-state index contributed by atoms with van der Waals surface area (Å²) in [6.07, 6.45) is 1.92. The maximum atomic E-state index is 12.1. The first-order valence-electron chi connectivity index (χ1n) is 7.28. The first kappa shape index (κ1) is 17.2. The zero-order chi connectivity index (χ0) is 17.0. The third-order valence-electron chi connectivity index (χ3n) is 3.17. The molecule has 1 N–H and O–H groups in total. The summed E-state index contributed by atoms with van der Waals surface area (Å²) in [5.41, 5.74) is 1.14. The van der Waals surface area contributed by atoms with Crippen LogP contribution in [0.2, 0.25) is 0 Å². The molecule has 2 aromatic rings. The van der Waals surface area contributed by atoms with E-state index in [4.69, 9.17) is 4.52 Å². The minimum absolute atomic E-state index is 0.115. The second-order valence-corrected chi connectivity index (χ2v) is 7.88. The molecular weight excluding hydrogens is 316 g/mol. The molecule has 1 aromatic heterocycles. The summed E-state index contributed by atoms with van der Waals surface area (Å²) in [5, 5.41) is 6.64. The molecule has 7 heteroatoms. The molecule has 23 heavy (non-hydrogen) atoms. The van der Waals surface area contributed by atoms with E-state index in [0.717, 1.165) is 18.4 Å². The van der Waals surface area contributed by atoms with Gasteiger partial charge in [0.25, 0.3) is 5.91 Å². The SMILES string of the molecule is CC(C)Cc1cc(CNC(=O)c2cccc(S(C)(=O)=O)c2)on1. The van der Waals surface area contributed by atoms with Gasteiger partial charge in [-0.3, -0.25) is 4.79 Å². The maximum absolute atomic E-state index is 12.1. The summed E-state index contributed by atoms with van der Waals surface area (Å²) in [7, 11) is -3.34. The minimum atomic E-state index is -3.34. The molecule has 0 unspecified atom stereocenters. The topological polar surface area (TPSA) is 89.3 Å². The average molecular weight is 336 g/mol. The number of nitrogens with one attached hydrogen (secondary N) is 1. The minimum Gasteiger partial charge on any atom is -0.359 e. The van der Waals surface area contributed by atoms with Crippen molar-refractivity contribution >= 4 is 15.7 Å². The fourth-order valence-corrected chi connectivity index (χ4v) is 2.76. The third kappa shape index (κ3) is 4.92. The lowest BCUT2D eigenvalue weighted by Crippen LogP contribution is -2.22. The molecule has 0 bridgehead atoms. The number of amides is 1. The molecule has 0 aliphatic heterocycles. The molecule has 0 aliphatic carbocycles. The lowest BCUT2D eigenvalue weighted by Gasteiger charge is -2.04. The first-order valence-corrected chi connectivity index (χ1v) is 9.17. The van der Waals surface area contributed by atoms with E-state index in [1.807, 2.05) is 6.07 Å². The fraction of sp³-hybridized carbons (Fsp3) is 0.375. The van der Waals surface area contributed by atoms with E-state index in [0.29, 0.717) is 11.7 Å². The van der Waals surface area contributed by atoms with Crippen LogP contribution in [-0.4, -0.2) is 25.7 Å². The summed E-state index contributed by atoms with van der Waals surface area (Å²) >= 11 is 0. The van der Waals surface area contributed by atoms with Gasteiger partial charge >= 0.3 is 0 Å². The van der Waals surface area contributed by atoms with Gasteiger partial charge in [0.1, 0.15) is 0 Å². The number of hydrogen-bond donors (Lipinski definition) is 1. The molecular formula is C16H20N2O4S. The van der Waals surface area contributed by atoms with Crippen molar-refractivity contribution in [3.05, 3.63) is 47.3 Å². The Morgan fingerprint density at radius 3 is 2.70 bits per heavy atom. The zero-order valence-electron chi connectivity index (χ0n) is 13.4. The van der Waals surface area contributed by atoms with Crippen LogP contribution in [0.1, 0.15) is 35.7 Å². The number of sulfone groups is 1. The van der Waals surface area contributed by atoms with E-state index < -0.39 is 9.84 Å². The molecule has 1 aromatic carbocycles. The highest BCUT2D eigenvalue weighted by molar-refractivity contribution is 7.90. The van der Waals surface area contributed by atoms with Crippen LogP contribution < -0.4 is 5.32 Å². The highest BCUT2D eigenvalue weighted by Gasteiger charge is 2.12. The largest absolute Gasteiger partial charge is 0.359 e. The van der Waals surface area contributed by atoms with E-state index in [9.17, 15) is 13.2 Å². The molecule has 0 fully saturated rings. The summed E-state index contributed by atoms with van der Waals surface area (Å²) in [5.74, 6) is 0.673. The van der Waals surface area contributed by atoms with Gasteiger partial charge in [-0.05, 0) is 30.5 Å². The maximum Gasteiger partial charge on any atom is 0.251 e. The van der Waals surface area contributed by atoms with Gasteiger partial charge in [0.15, 0.2) is 15.6 Å².